The Morgan fingerprint density at radius 3 is 2.00 bits per heavy atom. The van der Waals surface area contributed by atoms with Crippen molar-refractivity contribution in [3.05, 3.63) is 0 Å². The molecule has 4 heteroatoms. The fourth-order valence-corrected chi connectivity index (χ4v) is 3.79. The molecule has 2 aliphatic rings. The molecule has 20 heavy (non-hydrogen) atoms. The number of hydrogen-bond acceptors (Lipinski definition) is 3. The molecule has 0 saturated heterocycles. The van der Waals surface area contributed by atoms with E-state index < -0.39 is 0 Å². The Morgan fingerprint density at radius 2 is 1.60 bits per heavy atom. The number of methoxy groups -OCH3 is 1. The number of carbonyl (C=O) groups is 2. The minimum atomic E-state index is -0.318. The van der Waals surface area contributed by atoms with E-state index in [1.807, 2.05) is 0 Å². The van der Waals surface area contributed by atoms with Crippen LogP contribution in [0.5, 0.6) is 0 Å². The Morgan fingerprint density at radius 1 is 1.10 bits per heavy atom. The van der Waals surface area contributed by atoms with E-state index in [0.29, 0.717) is 0 Å². The van der Waals surface area contributed by atoms with Crippen molar-refractivity contribution in [3.63, 3.8) is 0 Å². The minimum absolute atomic E-state index is 0.0110. The maximum Gasteiger partial charge on any atom is 0.325 e. The standard InChI is InChI=1S/C16H27NO3/c1-15(2)13(16(15,3)4)14(19)17(10-12(18)20-5)11-8-6-7-9-11/h11,13H,6-10H2,1-5H3. The summed E-state index contributed by atoms with van der Waals surface area (Å²) in [6, 6.07) is 0.216. The van der Waals surface area contributed by atoms with Crippen molar-refractivity contribution >= 4 is 11.9 Å². The summed E-state index contributed by atoms with van der Waals surface area (Å²) in [7, 11) is 1.38. The second kappa shape index (κ2) is 5.05. The summed E-state index contributed by atoms with van der Waals surface area (Å²) in [5.41, 5.74) is 0.0219. The van der Waals surface area contributed by atoms with Gasteiger partial charge < -0.3 is 9.64 Å². The molecular formula is C16H27NO3. The molecule has 0 aromatic carbocycles. The van der Waals surface area contributed by atoms with Gasteiger partial charge in [0.2, 0.25) is 5.91 Å². The summed E-state index contributed by atoms with van der Waals surface area (Å²) in [5, 5.41) is 0. The molecule has 1 amide bonds. The second-order valence-corrected chi connectivity index (χ2v) is 7.36. The van der Waals surface area contributed by atoms with Crippen molar-refractivity contribution in [1.82, 2.24) is 4.90 Å². The van der Waals surface area contributed by atoms with Crippen LogP contribution in [0.4, 0.5) is 0 Å². The zero-order valence-corrected chi connectivity index (χ0v) is 13.4. The molecule has 114 valence electrons. The Hall–Kier alpha value is -1.06. The summed E-state index contributed by atoms with van der Waals surface area (Å²) < 4.78 is 4.76. The average Bonchev–Trinajstić information content (AvgIpc) is 2.80. The highest BCUT2D eigenvalue weighted by atomic mass is 16.5. The van der Waals surface area contributed by atoms with Gasteiger partial charge in [-0.1, -0.05) is 40.5 Å². The first-order chi connectivity index (χ1) is 9.23. The van der Waals surface area contributed by atoms with E-state index in [9.17, 15) is 9.59 Å². The van der Waals surface area contributed by atoms with Crippen LogP contribution >= 0.6 is 0 Å². The lowest BCUT2D eigenvalue weighted by molar-refractivity contribution is -0.149. The highest BCUT2D eigenvalue weighted by Gasteiger charge is 2.69. The van der Waals surface area contributed by atoms with Crippen LogP contribution < -0.4 is 0 Å². The van der Waals surface area contributed by atoms with E-state index in [-0.39, 0.29) is 41.2 Å². The molecule has 0 spiro atoms. The lowest BCUT2D eigenvalue weighted by Gasteiger charge is -2.29. The van der Waals surface area contributed by atoms with E-state index in [2.05, 4.69) is 27.7 Å². The predicted octanol–water partition coefficient (Wildman–Crippen LogP) is 2.61. The van der Waals surface area contributed by atoms with Crippen molar-refractivity contribution in [2.24, 2.45) is 16.7 Å². The third-order valence-corrected chi connectivity index (χ3v) is 5.84. The number of rotatable bonds is 4. The highest BCUT2D eigenvalue weighted by Crippen LogP contribution is 2.68. The molecule has 0 N–H and O–H groups in total. The number of esters is 1. The van der Waals surface area contributed by atoms with Crippen molar-refractivity contribution in [2.75, 3.05) is 13.7 Å². The predicted molar refractivity (Wildman–Crippen MR) is 77.0 cm³/mol. The summed E-state index contributed by atoms with van der Waals surface area (Å²) in [6.45, 7) is 8.66. The van der Waals surface area contributed by atoms with Gasteiger partial charge in [-0.15, -0.1) is 0 Å². The van der Waals surface area contributed by atoms with E-state index in [1.165, 1.54) is 7.11 Å². The second-order valence-electron chi connectivity index (χ2n) is 7.36. The Balaban J connectivity index is 2.14. The molecular weight excluding hydrogens is 254 g/mol. The van der Waals surface area contributed by atoms with Crippen LogP contribution in [-0.4, -0.2) is 36.5 Å². The van der Waals surface area contributed by atoms with Crippen molar-refractivity contribution in [2.45, 2.75) is 59.4 Å². The van der Waals surface area contributed by atoms with Gasteiger partial charge in [0.15, 0.2) is 0 Å². The van der Waals surface area contributed by atoms with Gasteiger partial charge in [-0.3, -0.25) is 9.59 Å². The van der Waals surface area contributed by atoms with Crippen molar-refractivity contribution in [1.29, 1.82) is 0 Å². The van der Waals surface area contributed by atoms with Gasteiger partial charge >= 0.3 is 5.97 Å². The number of amides is 1. The van der Waals surface area contributed by atoms with E-state index >= 15 is 0 Å². The number of hydrogen-bond donors (Lipinski definition) is 0. The largest absolute Gasteiger partial charge is 0.468 e. The van der Waals surface area contributed by atoms with Gasteiger partial charge in [0.05, 0.1) is 7.11 Å². The van der Waals surface area contributed by atoms with Gasteiger partial charge in [0.25, 0.3) is 0 Å². The maximum atomic E-state index is 12.9. The normalized spacial score (nSPS) is 24.4. The lowest BCUT2D eigenvalue weighted by Crippen LogP contribution is -2.44. The van der Waals surface area contributed by atoms with Gasteiger partial charge in [-0.05, 0) is 23.7 Å². The number of carbonyl (C=O) groups excluding carboxylic acids is 2. The molecule has 2 saturated carbocycles. The number of nitrogens with zero attached hydrogens (tertiary/aromatic N) is 1. The van der Waals surface area contributed by atoms with Gasteiger partial charge in [-0.25, -0.2) is 0 Å². The molecule has 0 unspecified atom stereocenters. The van der Waals surface area contributed by atoms with Gasteiger partial charge in [-0.2, -0.15) is 0 Å². The highest BCUT2D eigenvalue weighted by molar-refractivity contribution is 5.87. The summed E-state index contributed by atoms with van der Waals surface area (Å²) in [5.74, 6) is -0.168. The zero-order valence-electron chi connectivity index (χ0n) is 13.4. The summed E-state index contributed by atoms with van der Waals surface area (Å²) in [4.78, 5) is 26.3. The molecule has 2 aliphatic carbocycles. The average molecular weight is 281 g/mol. The number of ether oxygens (including phenoxy) is 1. The van der Waals surface area contributed by atoms with Crippen LogP contribution in [0.1, 0.15) is 53.4 Å². The monoisotopic (exact) mass is 281 g/mol. The van der Waals surface area contributed by atoms with Crippen molar-refractivity contribution < 1.29 is 14.3 Å². The molecule has 0 bridgehead atoms. The first-order valence-electron chi connectivity index (χ1n) is 7.60. The van der Waals surface area contributed by atoms with E-state index in [1.54, 1.807) is 4.90 Å². The van der Waals surface area contributed by atoms with Gasteiger partial charge in [0.1, 0.15) is 6.54 Å². The fraction of sp³-hybridized carbons (Fsp3) is 0.875. The van der Waals surface area contributed by atoms with Crippen molar-refractivity contribution in [3.8, 4) is 0 Å². The Labute approximate surface area is 121 Å². The molecule has 0 atom stereocenters. The molecule has 0 aliphatic heterocycles. The third-order valence-electron chi connectivity index (χ3n) is 5.84. The fourth-order valence-electron chi connectivity index (χ4n) is 3.79. The van der Waals surface area contributed by atoms with Gasteiger partial charge in [0, 0.05) is 12.0 Å². The van der Waals surface area contributed by atoms with E-state index in [0.717, 1.165) is 25.7 Å². The first-order valence-corrected chi connectivity index (χ1v) is 7.60. The van der Waals surface area contributed by atoms with Crippen LogP contribution in [0.3, 0.4) is 0 Å². The smallest absolute Gasteiger partial charge is 0.325 e. The first kappa shape index (κ1) is 15.3. The molecule has 0 aromatic rings. The van der Waals surface area contributed by atoms with Crippen LogP contribution in [0.2, 0.25) is 0 Å². The Bertz CT molecular complexity index is 394. The summed E-state index contributed by atoms with van der Waals surface area (Å²) in [6.07, 6.45) is 4.31. The third kappa shape index (κ3) is 2.33. The molecule has 2 rings (SSSR count). The molecule has 0 aromatic heterocycles. The van der Waals surface area contributed by atoms with Crippen LogP contribution in [0.15, 0.2) is 0 Å². The molecule has 2 fully saturated rings. The molecule has 0 radical (unpaired) electrons. The molecule has 0 heterocycles. The lowest BCUT2D eigenvalue weighted by atomic mass is 10.0. The zero-order chi connectivity index (χ0) is 15.1. The van der Waals surface area contributed by atoms with Crippen LogP contribution in [0, 0.1) is 16.7 Å². The van der Waals surface area contributed by atoms with Crippen LogP contribution in [-0.2, 0) is 14.3 Å². The Kier molecular flexibility index (Phi) is 3.87. The summed E-state index contributed by atoms with van der Waals surface area (Å²) >= 11 is 0. The molecule has 4 nitrogen and oxygen atoms in total. The quantitative estimate of drug-likeness (QED) is 0.744. The maximum absolute atomic E-state index is 12.9. The van der Waals surface area contributed by atoms with Crippen LogP contribution in [0.25, 0.3) is 0 Å². The minimum Gasteiger partial charge on any atom is -0.468 e. The topological polar surface area (TPSA) is 46.6 Å². The SMILES string of the molecule is COC(=O)CN(C(=O)C1C(C)(C)C1(C)C)C1CCCC1. The van der Waals surface area contributed by atoms with E-state index in [4.69, 9.17) is 4.74 Å².